The predicted molar refractivity (Wildman–Crippen MR) is 93.7 cm³/mol. The largest absolute Gasteiger partial charge is 0.493 e. The second-order valence-corrected chi connectivity index (χ2v) is 6.17. The molecule has 2 aromatic heterocycles. The SMILES string of the molecule is COc1ccccc1OCC(=O)c1cc(C)n(-c2nccs2)c1C. The van der Waals surface area contributed by atoms with Crippen LogP contribution in [0.2, 0.25) is 0 Å². The van der Waals surface area contributed by atoms with E-state index in [4.69, 9.17) is 9.47 Å². The van der Waals surface area contributed by atoms with E-state index in [2.05, 4.69) is 4.98 Å². The first-order chi connectivity index (χ1) is 11.6. The van der Waals surface area contributed by atoms with Crippen LogP contribution in [0.4, 0.5) is 0 Å². The second kappa shape index (κ2) is 6.88. The van der Waals surface area contributed by atoms with E-state index in [1.54, 1.807) is 25.4 Å². The van der Waals surface area contributed by atoms with Crippen LogP contribution in [0.3, 0.4) is 0 Å². The molecular weight excluding hydrogens is 324 g/mol. The summed E-state index contributed by atoms with van der Waals surface area (Å²) in [6, 6.07) is 9.16. The Hall–Kier alpha value is -2.60. The highest BCUT2D eigenvalue weighted by molar-refractivity contribution is 7.12. The van der Waals surface area contributed by atoms with Crippen molar-refractivity contribution in [2.24, 2.45) is 0 Å². The van der Waals surface area contributed by atoms with Crippen LogP contribution in [0, 0.1) is 13.8 Å². The Labute approximate surface area is 144 Å². The van der Waals surface area contributed by atoms with Gasteiger partial charge < -0.3 is 9.47 Å². The zero-order valence-corrected chi connectivity index (χ0v) is 14.6. The van der Waals surface area contributed by atoms with Crippen molar-refractivity contribution in [1.82, 2.24) is 9.55 Å². The summed E-state index contributed by atoms with van der Waals surface area (Å²) in [4.78, 5) is 16.9. The summed E-state index contributed by atoms with van der Waals surface area (Å²) in [6.07, 6.45) is 1.76. The van der Waals surface area contributed by atoms with Crippen molar-refractivity contribution in [2.45, 2.75) is 13.8 Å². The normalized spacial score (nSPS) is 10.6. The number of hydrogen-bond donors (Lipinski definition) is 0. The number of Topliss-reactive ketones (excluding diaryl/α,β-unsaturated/α-hetero) is 1. The van der Waals surface area contributed by atoms with Gasteiger partial charge >= 0.3 is 0 Å². The summed E-state index contributed by atoms with van der Waals surface area (Å²) in [5, 5.41) is 2.77. The van der Waals surface area contributed by atoms with Crippen molar-refractivity contribution >= 4 is 17.1 Å². The Kier molecular flexibility index (Phi) is 4.66. The second-order valence-electron chi connectivity index (χ2n) is 5.30. The average molecular weight is 342 g/mol. The van der Waals surface area contributed by atoms with Crippen molar-refractivity contribution < 1.29 is 14.3 Å². The van der Waals surface area contributed by atoms with Gasteiger partial charge in [0.25, 0.3) is 0 Å². The van der Waals surface area contributed by atoms with E-state index in [0.717, 1.165) is 16.5 Å². The molecule has 0 fully saturated rings. The van der Waals surface area contributed by atoms with Gasteiger partial charge in [-0.25, -0.2) is 4.98 Å². The number of carbonyl (C=O) groups excluding carboxylic acids is 1. The van der Waals surface area contributed by atoms with Gasteiger partial charge in [0, 0.05) is 28.5 Å². The molecule has 5 nitrogen and oxygen atoms in total. The zero-order valence-electron chi connectivity index (χ0n) is 13.8. The summed E-state index contributed by atoms with van der Waals surface area (Å²) in [5.41, 5.74) is 2.50. The summed E-state index contributed by atoms with van der Waals surface area (Å²) < 4.78 is 12.9. The first-order valence-corrected chi connectivity index (χ1v) is 8.37. The number of aromatic nitrogens is 2. The predicted octanol–water partition coefficient (Wildman–Crippen LogP) is 3.82. The van der Waals surface area contributed by atoms with Gasteiger partial charge in [0.15, 0.2) is 23.2 Å². The van der Waals surface area contributed by atoms with Crippen LogP contribution in [-0.2, 0) is 0 Å². The van der Waals surface area contributed by atoms with E-state index in [1.165, 1.54) is 11.3 Å². The van der Waals surface area contributed by atoms with Crippen molar-refractivity contribution in [1.29, 1.82) is 0 Å². The molecule has 0 aliphatic heterocycles. The van der Waals surface area contributed by atoms with E-state index in [1.807, 2.05) is 42.0 Å². The molecule has 2 heterocycles. The first-order valence-electron chi connectivity index (χ1n) is 7.49. The molecule has 0 saturated carbocycles. The Morgan fingerprint density at radius 3 is 2.67 bits per heavy atom. The van der Waals surface area contributed by atoms with Crippen LogP contribution in [0.25, 0.3) is 5.13 Å². The molecule has 0 saturated heterocycles. The molecule has 3 rings (SSSR count). The molecule has 0 unspecified atom stereocenters. The fourth-order valence-corrected chi connectivity index (χ4v) is 3.38. The maximum absolute atomic E-state index is 12.6. The molecule has 6 heteroatoms. The number of aryl methyl sites for hydroxylation is 1. The third-order valence-electron chi connectivity index (χ3n) is 3.77. The number of carbonyl (C=O) groups is 1. The monoisotopic (exact) mass is 342 g/mol. The van der Waals surface area contributed by atoms with Crippen LogP contribution in [-0.4, -0.2) is 29.1 Å². The van der Waals surface area contributed by atoms with Crippen LogP contribution in [0.5, 0.6) is 11.5 Å². The molecule has 0 aliphatic rings. The van der Waals surface area contributed by atoms with Crippen molar-refractivity contribution in [3.8, 4) is 16.6 Å². The molecule has 0 N–H and O–H groups in total. The topological polar surface area (TPSA) is 53.4 Å². The molecule has 3 aromatic rings. The molecule has 0 aliphatic carbocycles. The molecule has 0 amide bonds. The highest BCUT2D eigenvalue weighted by atomic mass is 32.1. The number of thiazole rings is 1. The van der Waals surface area contributed by atoms with Gasteiger partial charge in [0.05, 0.1) is 7.11 Å². The van der Waals surface area contributed by atoms with E-state index < -0.39 is 0 Å². The quantitative estimate of drug-likeness (QED) is 0.639. The number of benzene rings is 1. The Balaban J connectivity index is 1.80. The smallest absolute Gasteiger partial charge is 0.202 e. The van der Waals surface area contributed by atoms with Crippen molar-refractivity contribution in [3.63, 3.8) is 0 Å². The van der Waals surface area contributed by atoms with Gasteiger partial charge in [-0.05, 0) is 32.0 Å². The Morgan fingerprint density at radius 1 is 1.25 bits per heavy atom. The summed E-state index contributed by atoms with van der Waals surface area (Å²) in [7, 11) is 1.58. The maximum atomic E-state index is 12.6. The third-order valence-corrected chi connectivity index (χ3v) is 4.53. The number of ketones is 1. The van der Waals surface area contributed by atoms with Crippen molar-refractivity contribution in [3.05, 3.63) is 58.9 Å². The fraction of sp³-hybridized carbons (Fsp3) is 0.222. The van der Waals surface area contributed by atoms with Crippen LogP contribution in [0.15, 0.2) is 41.9 Å². The minimum absolute atomic E-state index is 0.0392. The lowest BCUT2D eigenvalue weighted by Gasteiger charge is -2.10. The average Bonchev–Trinajstić information content (AvgIpc) is 3.20. The van der Waals surface area contributed by atoms with Gasteiger partial charge in [-0.1, -0.05) is 12.1 Å². The molecule has 0 spiro atoms. The summed E-state index contributed by atoms with van der Waals surface area (Å²) in [5.74, 6) is 1.09. The van der Waals surface area contributed by atoms with Gasteiger partial charge in [0.1, 0.15) is 0 Å². The highest BCUT2D eigenvalue weighted by Gasteiger charge is 2.18. The minimum Gasteiger partial charge on any atom is -0.493 e. The molecule has 1 aromatic carbocycles. The summed E-state index contributed by atoms with van der Waals surface area (Å²) >= 11 is 1.54. The van der Waals surface area contributed by atoms with E-state index >= 15 is 0 Å². The summed E-state index contributed by atoms with van der Waals surface area (Å²) in [6.45, 7) is 3.85. The zero-order chi connectivity index (χ0) is 17.1. The van der Waals surface area contributed by atoms with Crippen LogP contribution < -0.4 is 9.47 Å². The van der Waals surface area contributed by atoms with Gasteiger partial charge in [-0.3, -0.25) is 9.36 Å². The number of para-hydroxylation sites is 2. The van der Waals surface area contributed by atoms with Gasteiger partial charge in [0.2, 0.25) is 5.78 Å². The molecular formula is C18H18N2O3S. The Morgan fingerprint density at radius 2 is 2.00 bits per heavy atom. The van der Waals surface area contributed by atoms with Crippen LogP contribution >= 0.6 is 11.3 Å². The van der Waals surface area contributed by atoms with Crippen molar-refractivity contribution in [2.75, 3.05) is 13.7 Å². The molecule has 0 atom stereocenters. The van der Waals surface area contributed by atoms with Crippen LogP contribution in [0.1, 0.15) is 21.7 Å². The highest BCUT2D eigenvalue weighted by Crippen LogP contribution is 2.27. The number of rotatable bonds is 6. The lowest BCUT2D eigenvalue weighted by Crippen LogP contribution is -2.13. The Bertz CT molecular complexity index is 853. The minimum atomic E-state index is -0.0724. The molecule has 0 bridgehead atoms. The number of ether oxygens (including phenoxy) is 2. The fourth-order valence-electron chi connectivity index (χ4n) is 2.62. The van der Waals surface area contributed by atoms with E-state index in [9.17, 15) is 4.79 Å². The lowest BCUT2D eigenvalue weighted by molar-refractivity contribution is 0.0919. The molecule has 124 valence electrons. The number of hydrogen-bond acceptors (Lipinski definition) is 5. The first kappa shape index (κ1) is 16.3. The van der Waals surface area contributed by atoms with Gasteiger partial charge in [-0.15, -0.1) is 11.3 Å². The van der Waals surface area contributed by atoms with Gasteiger partial charge in [-0.2, -0.15) is 0 Å². The molecule has 0 radical (unpaired) electrons. The lowest BCUT2D eigenvalue weighted by atomic mass is 10.1. The number of nitrogens with zero attached hydrogens (tertiary/aromatic N) is 2. The third kappa shape index (κ3) is 3.05. The standard InChI is InChI=1S/C18H18N2O3S/c1-12-10-14(13(2)20(12)18-19-8-9-24-18)15(21)11-23-17-7-5-4-6-16(17)22-3/h4-10H,11H2,1-3H3. The molecule has 24 heavy (non-hydrogen) atoms. The van der Waals surface area contributed by atoms with E-state index in [-0.39, 0.29) is 12.4 Å². The maximum Gasteiger partial charge on any atom is 0.202 e. The van der Waals surface area contributed by atoms with E-state index in [0.29, 0.717) is 17.1 Å². The number of methoxy groups -OCH3 is 1.